The molecule has 0 bridgehead atoms. The Labute approximate surface area is 94.7 Å². The maximum absolute atomic E-state index is 13.4. The molecule has 1 atom stereocenters. The fraction of sp³-hybridized carbons (Fsp3) is 0.636. The molecule has 1 heterocycles. The summed E-state index contributed by atoms with van der Waals surface area (Å²) in [5, 5.41) is 6.07. The molecule has 2 rings (SSSR count). The number of nitrogens with one attached hydrogen (secondary N) is 2. The number of hydrogen-bond acceptors (Lipinski definition) is 4. The summed E-state index contributed by atoms with van der Waals surface area (Å²) in [4.78, 5) is 7.95. The second-order valence-electron chi connectivity index (χ2n) is 4.81. The number of halogens is 1. The van der Waals surface area contributed by atoms with Crippen LogP contribution in [0, 0.1) is 11.2 Å². The average molecular weight is 224 g/mol. The highest BCUT2D eigenvalue weighted by Crippen LogP contribution is 2.46. The SMILES string of the molecule is CCNc1ncc(F)c(NC2CC2(C)C)n1. The van der Waals surface area contributed by atoms with E-state index in [1.807, 2.05) is 6.92 Å². The lowest BCUT2D eigenvalue weighted by atomic mass is 10.2. The summed E-state index contributed by atoms with van der Waals surface area (Å²) < 4.78 is 13.4. The molecule has 0 saturated heterocycles. The molecule has 5 heteroatoms. The van der Waals surface area contributed by atoms with Crippen LogP contribution < -0.4 is 10.6 Å². The molecule has 1 aliphatic carbocycles. The van der Waals surface area contributed by atoms with Crippen LogP contribution in [0.3, 0.4) is 0 Å². The third kappa shape index (κ3) is 2.23. The first-order valence-corrected chi connectivity index (χ1v) is 5.56. The van der Waals surface area contributed by atoms with Crippen molar-refractivity contribution in [1.29, 1.82) is 0 Å². The first-order valence-electron chi connectivity index (χ1n) is 5.56. The van der Waals surface area contributed by atoms with Crippen LogP contribution in [0.1, 0.15) is 27.2 Å². The Kier molecular flexibility index (Phi) is 2.69. The molecule has 4 nitrogen and oxygen atoms in total. The molecular formula is C11H17FN4. The summed E-state index contributed by atoms with van der Waals surface area (Å²) in [6, 6.07) is 0.311. The minimum absolute atomic E-state index is 0.246. The molecule has 1 saturated carbocycles. The summed E-state index contributed by atoms with van der Waals surface area (Å²) >= 11 is 0. The molecule has 2 N–H and O–H groups in total. The van der Waals surface area contributed by atoms with Crippen molar-refractivity contribution in [2.45, 2.75) is 33.2 Å². The van der Waals surface area contributed by atoms with Gasteiger partial charge in [0.15, 0.2) is 11.6 Å². The smallest absolute Gasteiger partial charge is 0.224 e. The predicted octanol–water partition coefficient (Wildman–Crippen LogP) is 2.26. The van der Waals surface area contributed by atoms with Gasteiger partial charge in [-0.05, 0) is 18.8 Å². The van der Waals surface area contributed by atoms with E-state index < -0.39 is 5.82 Å². The highest BCUT2D eigenvalue weighted by Gasteiger charge is 2.46. The number of anilines is 2. The van der Waals surface area contributed by atoms with Crippen molar-refractivity contribution < 1.29 is 4.39 Å². The molecule has 1 aromatic rings. The largest absolute Gasteiger partial charge is 0.364 e. The van der Waals surface area contributed by atoms with Crippen LogP contribution >= 0.6 is 0 Å². The fourth-order valence-electron chi connectivity index (χ4n) is 1.59. The summed E-state index contributed by atoms with van der Waals surface area (Å²) in [6.45, 7) is 6.97. The quantitative estimate of drug-likeness (QED) is 0.823. The third-order valence-electron chi connectivity index (χ3n) is 2.90. The monoisotopic (exact) mass is 224 g/mol. The second kappa shape index (κ2) is 3.88. The van der Waals surface area contributed by atoms with Gasteiger partial charge in [0.1, 0.15) is 0 Å². The molecule has 0 spiro atoms. The Hall–Kier alpha value is -1.39. The standard InChI is InChI=1S/C11H17FN4/c1-4-13-10-14-6-7(12)9(16-10)15-8-5-11(8,2)3/h6,8H,4-5H2,1-3H3,(H2,13,14,15,16). The minimum atomic E-state index is -0.399. The van der Waals surface area contributed by atoms with Crippen molar-refractivity contribution in [2.24, 2.45) is 5.41 Å². The zero-order valence-corrected chi connectivity index (χ0v) is 9.84. The van der Waals surface area contributed by atoms with Crippen molar-refractivity contribution in [2.75, 3.05) is 17.2 Å². The van der Waals surface area contributed by atoms with Gasteiger partial charge in [-0.3, -0.25) is 0 Å². The van der Waals surface area contributed by atoms with Crippen molar-refractivity contribution in [3.8, 4) is 0 Å². The van der Waals surface area contributed by atoms with Crippen molar-refractivity contribution in [3.05, 3.63) is 12.0 Å². The molecule has 0 aliphatic heterocycles. The van der Waals surface area contributed by atoms with Gasteiger partial charge in [-0.2, -0.15) is 4.98 Å². The van der Waals surface area contributed by atoms with Crippen LogP contribution in [-0.4, -0.2) is 22.6 Å². The van der Waals surface area contributed by atoms with Crippen LogP contribution in [0.2, 0.25) is 0 Å². The first-order chi connectivity index (χ1) is 7.53. The second-order valence-corrected chi connectivity index (χ2v) is 4.81. The van der Waals surface area contributed by atoms with E-state index in [0.29, 0.717) is 17.8 Å². The Balaban J connectivity index is 2.10. The summed E-state index contributed by atoms with van der Waals surface area (Å²) in [6.07, 6.45) is 2.25. The normalized spacial score (nSPS) is 21.6. The molecular weight excluding hydrogens is 207 g/mol. The topological polar surface area (TPSA) is 49.8 Å². The molecule has 1 aromatic heterocycles. The Morgan fingerprint density at radius 3 is 2.81 bits per heavy atom. The highest BCUT2D eigenvalue weighted by molar-refractivity contribution is 5.43. The summed E-state index contributed by atoms with van der Waals surface area (Å²) in [5.41, 5.74) is 0.246. The van der Waals surface area contributed by atoms with Crippen LogP contribution in [0.15, 0.2) is 6.20 Å². The molecule has 0 amide bonds. The third-order valence-corrected chi connectivity index (χ3v) is 2.90. The van der Waals surface area contributed by atoms with Crippen molar-refractivity contribution >= 4 is 11.8 Å². The molecule has 1 fully saturated rings. The zero-order valence-electron chi connectivity index (χ0n) is 9.84. The van der Waals surface area contributed by atoms with E-state index in [1.165, 1.54) is 6.20 Å². The van der Waals surface area contributed by atoms with Gasteiger partial charge in [0.2, 0.25) is 5.95 Å². The van der Waals surface area contributed by atoms with Crippen molar-refractivity contribution in [1.82, 2.24) is 9.97 Å². The molecule has 88 valence electrons. The Morgan fingerprint density at radius 2 is 2.25 bits per heavy atom. The first kappa shape index (κ1) is 11.1. The maximum atomic E-state index is 13.4. The zero-order chi connectivity index (χ0) is 11.8. The molecule has 0 radical (unpaired) electrons. The maximum Gasteiger partial charge on any atom is 0.224 e. The Morgan fingerprint density at radius 1 is 1.56 bits per heavy atom. The van der Waals surface area contributed by atoms with Gasteiger partial charge in [-0.1, -0.05) is 13.8 Å². The molecule has 1 unspecified atom stereocenters. The number of rotatable bonds is 4. The minimum Gasteiger partial charge on any atom is -0.364 e. The van der Waals surface area contributed by atoms with Crippen LogP contribution in [-0.2, 0) is 0 Å². The van der Waals surface area contributed by atoms with Gasteiger partial charge in [0, 0.05) is 12.6 Å². The van der Waals surface area contributed by atoms with E-state index in [-0.39, 0.29) is 5.41 Å². The highest BCUT2D eigenvalue weighted by atomic mass is 19.1. The van der Waals surface area contributed by atoms with E-state index in [2.05, 4.69) is 34.4 Å². The van der Waals surface area contributed by atoms with Gasteiger partial charge in [-0.15, -0.1) is 0 Å². The fourth-order valence-corrected chi connectivity index (χ4v) is 1.59. The van der Waals surface area contributed by atoms with Gasteiger partial charge < -0.3 is 10.6 Å². The lowest BCUT2D eigenvalue weighted by Crippen LogP contribution is -2.13. The molecule has 1 aliphatic rings. The van der Waals surface area contributed by atoms with Crippen LogP contribution in [0.5, 0.6) is 0 Å². The lowest BCUT2D eigenvalue weighted by molar-refractivity contribution is 0.605. The lowest BCUT2D eigenvalue weighted by Gasteiger charge is -2.09. The van der Waals surface area contributed by atoms with Gasteiger partial charge in [0.25, 0.3) is 0 Å². The number of hydrogen-bond donors (Lipinski definition) is 2. The summed E-state index contributed by atoms with van der Waals surface area (Å²) in [7, 11) is 0. The summed E-state index contributed by atoms with van der Waals surface area (Å²) in [5.74, 6) is 0.357. The van der Waals surface area contributed by atoms with Gasteiger partial charge >= 0.3 is 0 Å². The Bertz CT molecular complexity index is 392. The molecule has 0 aromatic carbocycles. The van der Waals surface area contributed by atoms with E-state index >= 15 is 0 Å². The predicted molar refractivity (Wildman–Crippen MR) is 62.0 cm³/mol. The van der Waals surface area contributed by atoms with E-state index in [1.54, 1.807) is 0 Å². The number of aromatic nitrogens is 2. The van der Waals surface area contributed by atoms with Gasteiger partial charge in [-0.25, -0.2) is 9.37 Å². The van der Waals surface area contributed by atoms with Gasteiger partial charge in [0.05, 0.1) is 6.20 Å². The number of nitrogens with zero attached hydrogens (tertiary/aromatic N) is 2. The van der Waals surface area contributed by atoms with E-state index in [9.17, 15) is 4.39 Å². The van der Waals surface area contributed by atoms with Crippen LogP contribution in [0.4, 0.5) is 16.2 Å². The average Bonchev–Trinajstić information content (AvgIpc) is 2.80. The van der Waals surface area contributed by atoms with Crippen molar-refractivity contribution in [3.63, 3.8) is 0 Å². The van der Waals surface area contributed by atoms with Crippen LogP contribution in [0.25, 0.3) is 0 Å². The van der Waals surface area contributed by atoms with E-state index in [4.69, 9.17) is 0 Å². The molecule has 16 heavy (non-hydrogen) atoms. The van der Waals surface area contributed by atoms with E-state index in [0.717, 1.165) is 13.0 Å².